The molecule has 0 aromatic rings. The van der Waals surface area contributed by atoms with E-state index >= 15 is 0 Å². The Balaban J connectivity index is 4.81. The summed E-state index contributed by atoms with van der Waals surface area (Å²) in [5, 5.41) is 0. The summed E-state index contributed by atoms with van der Waals surface area (Å²) in [6.45, 7) is 13.4. The van der Waals surface area contributed by atoms with Gasteiger partial charge >= 0.3 is 85.7 Å². The van der Waals surface area contributed by atoms with Crippen LogP contribution in [0.4, 0.5) is 0 Å². The van der Waals surface area contributed by atoms with Gasteiger partial charge in [-0.2, -0.15) is 0 Å². The second-order valence-corrected chi connectivity index (χ2v) is 5.75. The molecule has 0 saturated carbocycles. The fourth-order valence-corrected chi connectivity index (χ4v) is 1.64. The quantitative estimate of drug-likeness (QED) is 0.613. The second-order valence-electron chi connectivity index (χ2n) is 5.34. The van der Waals surface area contributed by atoms with Gasteiger partial charge in [0.05, 0.1) is 0 Å². The van der Waals surface area contributed by atoms with Crippen LogP contribution in [0.3, 0.4) is 0 Å². The molecule has 0 aromatic heterocycles. The van der Waals surface area contributed by atoms with Crippen molar-refractivity contribution >= 4 is 4.73 Å². The van der Waals surface area contributed by atoms with Crippen molar-refractivity contribution in [1.82, 2.24) is 0 Å². The second kappa shape index (κ2) is 3.94. The van der Waals surface area contributed by atoms with Gasteiger partial charge in [0.1, 0.15) is 0 Å². The summed E-state index contributed by atoms with van der Waals surface area (Å²) in [7, 11) is 0. The summed E-state index contributed by atoms with van der Waals surface area (Å²) in [6, 6.07) is 0. The van der Waals surface area contributed by atoms with E-state index in [4.69, 9.17) is 0 Å². The van der Waals surface area contributed by atoms with Gasteiger partial charge in [-0.3, -0.25) is 0 Å². The van der Waals surface area contributed by atoms with Crippen LogP contribution in [0.15, 0.2) is 11.6 Å². The molecule has 0 fully saturated rings. The van der Waals surface area contributed by atoms with Gasteiger partial charge in [-0.05, 0) is 0 Å². The summed E-state index contributed by atoms with van der Waals surface area (Å²) >= 11 is 2.55. The van der Waals surface area contributed by atoms with Crippen LogP contribution in [0.1, 0.15) is 41.5 Å². The number of allylic oxidation sites excluding steroid dienone is 2. The zero-order valence-corrected chi connectivity index (χ0v) is 10.5. The predicted molar refractivity (Wildman–Crippen MR) is 53.1 cm³/mol. The van der Waals surface area contributed by atoms with Crippen LogP contribution in [0.25, 0.3) is 0 Å². The Morgan fingerprint density at radius 1 is 1.00 bits per heavy atom. The average Bonchev–Trinajstić information content (AvgIpc) is 1.78. The van der Waals surface area contributed by atoms with Crippen LogP contribution in [-0.2, 0) is 17.0 Å². The van der Waals surface area contributed by atoms with E-state index in [1.807, 2.05) is 0 Å². The van der Waals surface area contributed by atoms with Crippen LogP contribution in [0.2, 0.25) is 0 Å². The van der Waals surface area contributed by atoms with Crippen LogP contribution in [0.5, 0.6) is 0 Å². The van der Waals surface area contributed by atoms with Crippen LogP contribution in [0, 0.1) is 10.8 Å². The van der Waals surface area contributed by atoms with E-state index in [9.17, 15) is 0 Å². The Kier molecular flexibility index (Phi) is 4.00. The molecule has 0 N–H and O–H groups in total. The average molecular weight is 203 g/mol. The fraction of sp³-hybridized carbons (Fsp3) is 0.727. The molecule has 0 atom stereocenters. The van der Waals surface area contributed by atoms with Gasteiger partial charge in [0.15, 0.2) is 0 Å². The molecule has 0 aliphatic heterocycles. The molecule has 0 aliphatic carbocycles. The zero-order valence-electron chi connectivity index (χ0n) is 9.10. The first kappa shape index (κ1) is 12.2. The maximum absolute atomic E-state index is 2.55. The summed E-state index contributed by atoms with van der Waals surface area (Å²) in [5.41, 5.74) is 1.95. The topological polar surface area (TPSA) is 0 Å². The van der Waals surface area contributed by atoms with Crippen molar-refractivity contribution in [3.63, 3.8) is 0 Å². The normalized spacial score (nSPS) is 14.6. The number of hydrogen-bond donors (Lipinski definition) is 0. The first-order chi connectivity index (χ1) is 5.17. The Morgan fingerprint density at radius 3 is 1.50 bits per heavy atom. The van der Waals surface area contributed by atoms with Gasteiger partial charge in [-0.1, -0.05) is 0 Å². The van der Waals surface area contributed by atoms with E-state index in [0.29, 0.717) is 0 Å². The number of hydrogen-bond acceptors (Lipinski definition) is 0. The molecule has 1 heteroatoms. The molecule has 69 valence electrons. The fourth-order valence-electron chi connectivity index (χ4n) is 0.914. The first-order valence-electron chi connectivity index (χ1n) is 4.37. The minimum absolute atomic E-state index is 0.264. The van der Waals surface area contributed by atoms with Crippen molar-refractivity contribution in [2.75, 3.05) is 0 Å². The molecule has 0 nitrogen and oxygen atoms in total. The van der Waals surface area contributed by atoms with Crippen molar-refractivity contribution in [3.05, 3.63) is 11.6 Å². The molecule has 0 heterocycles. The van der Waals surface area contributed by atoms with Gasteiger partial charge < -0.3 is 0 Å². The van der Waals surface area contributed by atoms with Crippen molar-refractivity contribution in [1.29, 1.82) is 0 Å². The molecule has 0 saturated heterocycles. The Morgan fingerprint density at radius 2 is 1.42 bits per heavy atom. The predicted octanol–water partition coefficient (Wildman–Crippen LogP) is 3.35. The van der Waals surface area contributed by atoms with E-state index in [2.05, 4.69) is 69.3 Å². The Bertz CT molecular complexity index is 186. The van der Waals surface area contributed by atoms with Crippen LogP contribution >= 0.6 is 0 Å². The third-order valence-corrected chi connectivity index (χ3v) is 2.03. The maximum atomic E-state index is 2.55. The molecule has 0 radical (unpaired) electrons. The summed E-state index contributed by atoms with van der Waals surface area (Å²) in [5.74, 6) is 0. The zero-order chi connectivity index (χ0) is 9.99. The van der Waals surface area contributed by atoms with E-state index in [1.54, 1.807) is 0 Å². The molecule has 0 aliphatic rings. The molecule has 12 heavy (non-hydrogen) atoms. The minimum atomic E-state index is 0.264. The van der Waals surface area contributed by atoms with E-state index in [-0.39, 0.29) is 10.8 Å². The molecule has 0 aromatic carbocycles. The third kappa shape index (κ3) is 4.95. The Hall–Kier alpha value is 0.194. The molecule has 0 amide bonds. The van der Waals surface area contributed by atoms with Gasteiger partial charge in [-0.25, -0.2) is 0 Å². The van der Waals surface area contributed by atoms with Crippen molar-refractivity contribution < 1.29 is 17.0 Å². The molecule has 0 unspecified atom stereocenters. The molecular weight excluding hydrogens is 183 g/mol. The van der Waals surface area contributed by atoms with Gasteiger partial charge in [0.2, 0.25) is 0 Å². The monoisotopic (exact) mass is 203 g/mol. The summed E-state index contributed by atoms with van der Waals surface area (Å²) in [6.07, 6.45) is 2.34. The molecule has 0 spiro atoms. The van der Waals surface area contributed by atoms with Crippen molar-refractivity contribution in [2.45, 2.75) is 41.5 Å². The van der Waals surface area contributed by atoms with Gasteiger partial charge in [0.25, 0.3) is 0 Å². The van der Waals surface area contributed by atoms with Crippen molar-refractivity contribution in [2.24, 2.45) is 10.8 Å². The van der Waals surface area contributed by atoms with E-state index in [0.717, 1.165) is 0 Å². The molecular formula is C11H20V. The summed E-state index contributed by atoms with van der Waals surface area (Å²) in [4.78, 5) is 0. The summed E-state index contributed by atoms with van der Waals surface area (Å²) < 4.78 is 2.15. The van der Waals surface area contributed by atoms with E-state index < -0.39 is 0 Å². The first-order valence-corrected chi connectivity index (χ1v) is 5.18. The molecule has 0 bridgehead atoms. The SMILES string of the molecule is CC(C)(C)C=C([CH]=[V])C(C)(C)C. The third-order valence-electron chi connectivity index (χ3n) is 1.59. The van der Waals surface area contributed by atoms with Crippen molar-refractivity contribution in [3.8, 4) is 0 Å². The Labute approximate surface area is 85.9 Å². The van der Waals surface area contributed by atoms with Gasteiger partial charge in [0, 0.05) is 0 Å². The van der Waals surface area contributed by atoms with Gasteiger partial charge in [-0.15, -0.1) is 0 Å². The standard InChI is InChI=1S/C11H20.V/c1-9(11(5,6)7)8-10(2,3)4;/h1,8H,2-7H3;. The van der Waals surface area contributed by atoms with E-state index in [1.165, 1.54) is 5.57 Å². The number of rotatable bonds is 1. The molecule has 0 rings (SSSR count). The van der Waals surface area contributed by atoms with Crippen LogP contribution < -0.4 is 0 Å². The van der Waals surface area contributed by atoms with Crippen LogP contribution in [-0.4, -0.2) is 4.73 Å².